The van der Waals surface area contributed by atoms with Gasteiger partial charge in [0.2, 0.25) is 5.88 Å². The Labute approximate surface area is 89.5 Å². The van der Waals surface area contributed by atoms with Gasteiger partial charge in [0.05, 0.1) is 7.11 Å². The summed E-state index contributed by atoms with van der Waals surface area (Å²) in [5, 5.41) is 0. The van der Waals surface area contributed by atoms with Crippen molar-refractivity contribution in [3.8, 4) is 5.88 Å². The summed E-state index contributed by atoms with van der Waals surface area (Å²) in [5.41, 5.74) is 1.04. The number of ketones is 1. The van der Waals surface area contributed by atoms with Crippen LogP contribution in [0.15, 0.2) is 18.3 Å². The predicted octanol–water partition coefficient (Wildman–Crippen LogP) is 2.00. The lowest BCUT2D eigenvalue weighted by molar-refractivity contribution is -0.120. The molecule has 1 aliphatic carbocycles. The number of pyridine rings is 1. The minimum Gasteiger partial charge on any atom is -0.481 e. The molecule has 0 aromatic carbocycles. The van der Waals surface area contributed by atoms with Gasteiger partial charge in [-0.15, -0.1) is 0 Å². The Bertz CT molecular complexity index is 362. The maximum Gasteiger partial charge on any atom is 0.216 e. The number of hydrogen-bond acceptors (Lipinski definition) is 3. The van der Waals surface area contributed by atoms with Gasteiger partial charge in [0.25, 0.3) is 0 Å². The van der Waals surface area contributed by atoms with Crippen LogP contribution in [0.4, 0.5) is 0 Å². The number of rotatable bonds is 3. The predicted molar refractivity (Wildman–Crippen MR) is 56.8 cm³/mol. The van der Waals surface area contributed by atoms with Crippen LogP contribution >= 0.6 is 0 Å². The quantitative estimate of drug-likeness (QED) is 0.757. The molecule has 2 rings (SSSR count). The van der Waals surface area contributed by atoms with Gasteiger partial charge in [-0.1, -0.05) is 6.07 Å². The molecule has 0 aliphatic heterocycles. The molecule has 1 fully saturated rings. The highest BCUT2D eigenvalue weighted by Crippen LogP contribution is 2.27. The Morgan fingerprint density at radius 1 is 1.60 bits per heavy atom. The van der Waals surface area contributed by atoms with E-state index >= 15 is 0 Å². The van der Waals surface area contributed by atoms with E-state index in [1.165, 1.54) is 0 Å². The molecule has 1 atom stereocenters. The zero-order chi connectivity index (χ0) is 10.7. The topological polar surface area (TPSA) is 39.2 Å². The molecule has 0 saturated heterocycles. The minimum atomic E-state index is 0.183. The molecule has 1 aromatic heterocycles. The Hall–Kier alpha value is -1.38. The molecule has 1 saturated carbocycles. The van der Waals surface area contributed by atoms with E-state index in [1.807, 2.05) is 12.1 Å². The fourth-order valence-corrected chi connectivity index (χ4v) is 2.13. The standard InChI is InChI=1S/C12H15NO2/c1-15-12-10(5-3-7-13-12)8-9-4-2-6-11(9)14/h3,5,7,9H,2,4,6,8H2,1H3. The van der Waals surface area contributed by atoms with Crippen molar-refractivity contribution in [1.29, 1.82) is 0 Å². The third-order valence-electron chi connectivity index (χ3n) is 2.94. The zero-order valence-corrected chi connectivity index (χ0v) is 8.90. The minimum absolute atomic E-state index is 0.183. The number of Topliss-reactive ketones (excluding diaryl/α,β-unsaturated/α-hetero) is 1. The average Bonchev–Trinajstić information content (AvgIpc) is 2.65. The molecule has 15 heavy (non-hydrogen) atoms. The van der Waals surface area contributed by atoms with Crippen molar-refractivity contribution < 1.29 is 9.53 Å². The van der Waals surface area contributed by atoms with E-state index in [9.17, 15) is 4.79 Å². The summed E-state index contributed by atoms with van der Waals surface area (Å²) in [6, 6.07) is 3.87. The second-order valence-corrected chi connectivity index (χ2v) is 3.93. The third kappa shape index (κ3) is 2.17. The van der Waals surface area contributed by atoms with Crippen molar-refractivity contribution in [3.05, 3.63) is 23.9 Å². The monoisotopic (exact) mass is 205 g/mol. The van der Waals surface area contributed by atoms with Crippen LogP contribution in [0.25, 0.3) is 0 Å². The van der Waals surface area contributed by atoms with Crippen LogP contribution in [0.3, 0.4) is 0 Å². The second-order valence-electron chi connectivity index (χ2n) is 3.93. The van der Waals surface area contributed by atoms with Crippen LogP contribution in [-0.2, 0) is 11.2 Å². The van der Waals surface area contributed by atoms with Crippen LogP contribution in [0.5, 0.6) is 5.88 Å². The van der Waals surface area contributed by atoms with Crippen LogP contribution in [0, 0.1) is 5.92 Å². The molecule has 1 unspecified atom stereocenters. The molecular weight excluding hydrogens is 190 g/mol. The SMILES string of the molecule is COc1ncccc1CC1CCCC1=O. The van der Waals surface area contributed by atoms with E-state index in [1.54, 1.807) is 13.3 Å². The lowest BCUT2D eigenvalue weighted by atomic mass is 9.98. The van der Waals surface area contributed by atoms with Gasteiger partial charge in [-0.3, -0.25) is 4.79 Å². The van der Waals surface area contributed by atoms with Crippen molar-refractivity contribution in [1.82, 2.24) is 4.98 Å². The first-order valence-corrected chi connectivity index (χ1v) is 5.32. The molecule has 1 aliphatic rings. The number of methoxy groups -OCH3 is 1. The molecule has 3 nitrogen and oxygen atoms in total. The van der Waals surface area contributed by atoms with Crippen LogP contribution in [0.1, 0.15) is 24.8 Å². The van der Waals surface area contributed by atoms with Gasteiger partial charge < -0.3 is 4.74 Å². The summed E-state index contributed by atoms with van der Waals surface area (Å²) in [6.07, 6.45) is 5.27. The van der Waals surface area contributed by atoms with Crippen LogP contribution in [-0.4, -0.2) is 17.9 Å². The van der Waals surface area contributed by atoms with E-state index in [-0.39, 0.29) is 5.92 Å². The summed E-state index contributed by atoms with van der Waals surface area (Å²) in [7, 11) is 1.61. The maximum absolute atomic E-state index is 11.5. The van der Waals surface area contributed by atoms with Gasteiger partial charge in [-0.05, 0) is 25.3 Å². The van der Waals surface area contributed by atoms with E-state index in [0.717, 1.165) is 31.2 Å². The number of carbonyl (C=O) groups excluding carboxylic acids is 1. The molecule has 0 N–H and O–H groups in total. The third-order valence-corrected chi connectivity index (χ3v) is 2.94. The van der Waals surface area contributed by atoms with E-state index < -0.39 is 0 Å². The van der Waals surface area contributed by atoms with Crippen LogP contribution < -0.4 is 4.74 Å². The van der Waals surface area contributed by atoms with Gasteiger partial charge in [0.15, 0.2) is 0 Å². The molecule has 0 radical (unpaired) electrons. The van der Waals surface area contributed by atoms with Gasteiger partial charge in [-0.25, -0.2) is 4.98 Å². The molecule has 80 valence electrons. The number of nitrogens with zero attached hydrogens (tertiary/aromatic N) is 1. The van der Waals surface area contributed by atoms with Gasteiger partial charge >= 0.3 is 0 Å². The molecule has 1 heterocycles. The first-order valence-electron chi connectivity index (χ1n) is 5.32. The highest BCUT2D eigenvalue weighted by atomic mass is 16.5. The summed E-state index contributed by atoms with van der Waals surface area (Å²) < 4.78 is 5.17. The first kappa shape index (κ1) is 10.1. The number of carbonyl (C=O) groups is 1. The summed E-state index contributed by atoms with van der Waals surface area (Å²) in [5.74, 6) is 1.22. The summed E-state index contributed by atoms with van der Waals surface area (Å²) in [4.78, 5) is 15.6. The molecular formula is C12H15NO2. The Balaban J connectivity index is 2.12. The van der Waals surface area contributed by atoms with Crippen molar-refractivity contribution >= 4 is 5.78 Å². The van der Waals surface area contributed by atoms with Gasteiger partial charge in [-0.2, -0.15) is 0 Å². The van der Waals surface area contributed by atoms with Gasteiger partial charge in [0.1, 0.15) is 5.78 Å². The average molecular weight is 205 g/mol. The maximum atomic E-state index is 11.5. The summed E-state index contributed by atoms with van der Waals surface area (Å²) >= 11 is 0. The molecule has 0 bridgehead atoms. The molecule has 0 amide bonds. The lowest BCUT2D eigenvalue weighted by Crippen LogP contribution is -2.10. The highest BCUT2D eigenvalue weighted by molar-refractivity contribution is 5.83. The van der Waals surface area contributed by atoms with Crippen molar-refractivity contribution in [2.45, 2.75) is 25.7 Å². The normalized spacial score (nSPS) is 20.6. The van der Waals surface area contributed by atoms with Crippen molar-refractivity contribution in [3.63, 3.8) is 0 Å². The number of hydrogen-bond donors (Lipinski definition) is 0. The number of aromatic nitrogens is 1. The molecule has 3 heteroatoms. The smallest absolute Gasteiger partial charge is 0.216 e. The Morgan fingerprint density at radius 2 is 2.47 bits per heavy atom. The summed E-state index contributed by atoms with van der Waals surface area (Å²) in [6.45, 7) is 0. The Kier molecular flexibility index (Phi) is 2.99. The van der Waals surface area contributed by atoms with E-state index in [0.29, 0.717) is 11.7 Å². The van der Waals surface area contributed by atoms with Gasteiger partial charge in [0, 0.05) is 24.1 Å². The van der Waals surface area contributed by atoms with Crippen molar-refractivity contribution in [2.24, 2.45) is 5.92 Å². The molecule has 0 spiro atoms. The fourth-order valence-electron chi connectivity index (χ4n) is 2.13. The first-order chi connectivity index (χ1) is 7.31. The lowest BCUT2D eigenvalue weighted by Gasteiger charge is -2.10. The largest absolute Gasteiger partial charge is 0.481 e. The Morgan fingerprint density at radius 3 is 3.13 bits per heavy atom. The fraction of sp³-hybridized carbons (Fsp3) is 0.500. The second kappa shape index (κ2) is 4.43. The molecule has 1 aromatic rings. The highest BCUT2D eigenvalue weighted by Gasteiger charge is 2.25. The van der Waals surface area contributed by atoms with E-state index in [2.05, 4.69) is 4.98 Å². The van der Waals surface area contributed by atoms with Crippen molar-refractivity contribution in [2.75, 3.05) is 7.11 Å². The zero-order valence-electron chi connectivity index (χ0n) is 8.90. The van der Waals surface area contributed by atoms with Crippen LogP contribution in [0.2, 0.25) is 0 Å². The van der Waals surface area contributed by atoms with E-state index in [4.69, 9.17) is 4.74 Å². The number of ether oxygens (including phenoxy) is 1.